The summed E-state index contributed by atoms with van der Waals surface area (Å²) < 4.78 is 31.7. The lowest BCUT2D eigenvalue weighted by Crippen LogP contribution is -2.18. The summed E-state index contributed by atoms with van der Waals surface area (Å²) in [6.45, 7) is 3.42. The molecule has 0 aliphatic carbocycles. The second kappa shape index (κ2) is 44.6. The first-order valence-electron chi connectivity index (χ1n) is 30.9. The SMILES string of the molecule is CCCCCC[C@H](CCCCCCCCCCC(=O)OCC(=O)Oc1ccc(N)cc1)OC(=O)c1ccc(N)cc1.CCCCCC[C@H](CCCCCCCCCCC(=O)OCC(=O)Oc1ccc([N+](=O)[O-])cc1)OC(=O)c1ccc([N+](=O)[O-])cc1. The molecule has 0 aromatic heterocycles. The number of rotatable bonds is 44. The molecule has 0 bridgehead atoms. The molecule has 472 valence electrons. The number of nitro benzene ring substituents is 2. The van der Waals surface area contributed by atoms with Crippen LogP contribution in [0.25, 0.3) is 0 Å². The third-order valence-electron chi connectivity index (χ3n) is 14.2. The maximum Gasteiger partial charge on any atom is 0.349 e. The largest absolute Gasteiger partial charge is 0.459 e. The number of esters is 6. The van der Waals surface area contributed by atoms with Crippen molar-refractivity contribution in [2.24, 2.45) is 0 Å². The van der Waals surface area contributed by atoms with Gasteiger partial charge in [-0.1, -0.05) is 129 Å². The molecule has 0 heterocycles. The summed E-state index contributed by atoms with van der Waals surface area (Å²) in [5.41, 5.74) is 13.2. The van der Waals surface area contributed by atoms with Crippen molar-refractivity contribution in [3.05, 3.63) is 128 Å². The van der Waals surface area contributed by atoms with Crippen LogP contribution >= 0.6 is 0 Å². The Hall–Kier alpha value is -7.90. The molecule has 0 spiro atoms. The number of anilines is 2. The molecule has 0 saturated carbocycles. The lowest BCUT2D eigenvalue weighted by Gasteiger charge is -2.18. The monoisotopic (exact) mass is 1200 g/mol. The molecule has 2 atom stereocenters. The van der Waals surface area contributed by atoms with Gasteiger partial charge in [-0.05, 0) is 137 Å². The van der Waals surface area contributed by atoms with Crippen molar-refractivity contribution in [2.45, 2.75) is 219 Å². The Kier molecular flexibility index (Phi) is 37.5. The number of ether oxygens (including phenoxy) is 6. The van der Waals surface area contributed by atoms with Gasteiger partial charge in [0.05, 0.1) is 21.0 Å². The average Bonchev–Trinajstić information content (AvgIpc) is 3.70. The number of nitrogens with two attached hydrogens (primary N) is 2. The second-order valence-electron chi connectivity index (χ2n) is 21.5. The van der Waals surface area contributed by atoms with Gasteiger partial charge in [-0.3, -0.25) is 29.8 Å². The summed E-state index contributed by atoms with van der Waals surface area (Å²) in [4.78, 5) is 93.1. The van der Waals surface area contributed by atoms with Crippen LogP contribution in [0.3, 0.4) is 0 Å². The van der Waals surface area contributed by atoms with Crippen LogP contribution in [0.1, 0.15) is 227 Å². The first-order chi connectivity index (χ1) is 41.6. The third kappa shape index (κ3) is 34.2. The summed E-state index contributed by atoms with van der Waals surface area (Å²) in [5, 5.41) is 21.5. The van der Waals surface area contributed by atoms with Crippen molar-refractivity contribution >= 4 is 58.6 Å². The zero-order valence-electron chi connectivity index (χ0n) is 50.6. The minimum absolute atomic E-state index is 0.0452. The Morgan fingerprint density at radius 1 is 0.384 bits per heavy atom. The Morgan fingerprint density at radius 3 is 1.00 bits per heavy atom. The molecular formula is C66H92N4O16. The fourth-order valence-corrected chi connectivity index (χ4v) is 9.22. The topological polar surface area (TPSA) is 296 Å². The molecule has 0 amide bonds. The lowest BCUT2D eigenvalue weighted by atomic mass is 10.0. The van der Waals surface area contributed by atoms with E-state index >= 15 is 0 Å². The highest BCUT2D eigenvalue weighted by Gasteiger charge is 2.19. The van der Waals surface area contributed by atoms with E-state index in [1.807, 2.05) is 0 Å². The number of nitrogen functional groups attached to an aromatic ring is 2. The zero-order chi connectivity index (χ0) is 62.6. The molecule has 4 aromatic rings. The molecule has 0 aliphatic rings. The smallest absolute Gasteiger partial charge is 0.349 e. The molecule has 20 heteroatoms. The number of nitro groups is 2. The summed E-state index contributed by atoms with van der Waals surface area (Å²) in [7, 11) is 0. The van der Waals surface area contributed by atoms with Crippen LogP contribution in [-0.4, -0.2) is 71.1 Å². The standard InChI is InChI=1S/C33H44N2O10.C33H48N2O6/c1-2-3-4-11-14-29(45-33(38)26-17-19-27(20-18-26)34(39)40)15-12-9-7-5-6-8-10-13-16-31(36)43-25-32(37)44-30-23-21-28(22-24-30)35(41)42;1-2-3-4-11-14-29(41-33(38)26-17-19-27(34)20-18-26)15-12-9-7-5-6-8-10-13-16-31(36)39-25-32(37)40-30-23-21-28(35)22-24-30/h17-24,29H,2-16,25H2,1H3;17-24,29H,2-16,25,34-35H2,1H3/t2*29-/m11/s1. The van der Waals surface area contributed by atoms with E-state index < -0.39 is 46.9 Å². The van der Waals surface area contributed by atoms with Crippen LogP contribution in [0.4, 0.5) is 22.7 Å². The van der Waals surface area contributed by atoms with E-state index in [0.29, 0.717) is 41.1 Å². The molecule has 4 rings (SSSR count). The number of benzene rings is 4. The van der Waals surface area contributed by atoms with Crippen molar-refractivity contribution in [1.29, 1.82) is 0 Å². The van der Waals surface area contributed by atoms with Gasteiger partial charge in [-0.2, -0.15) is 0 Å². The fourth-order valence-electron chi connectivity index (χ4n) is 9.22. The maximum atomic E-state index is 12.6. The Bertz CT molecular complexity index is 2600. The van der Waals surface area contributed by atoms with Crippen LogP contribution < -0.4 is 20.9 Å². The van der Waals surface area contributed by atoms with Crippen molar-refractivity contribution in [2.75, 3.05) is 24.7 Å². The molecular weight excluding hydrogens is 1100 g/mol. The van der Waals surface area contributed by atoms with Gasteiger partial charge in [0.1, 0.15) is 23.7 Å². The lowest BCUT2D eigenvalue weighted by molar-refractivity contribution is -0.385. The first kappa shape index (κ1) is 72.4. The van der Waals surface area contributed by atoms with E-state index in [1.165, 1.54) is 67.8 Å². The molecule has 0 radical (unpaired) electrons. The number of hydrogen-bond donors (Lipinski definition) is 2. The maximum absolute atomic E-state index is 12.6. The number of nitrogens with zero attached hydrogens (tertiary/aromatic N) is 2. The number of non-ortho nitro benzene ring substituents is 2. The predicted molar refractivity (Wildman–Crippen MR) is 329 cm³/mol. The van der Waals surface area contributed by atoms with Gasteiger partial charge in [0.25, 0.3) is 11.4 Å². The molecule has 0 aliphatic heterocycles. The summed E-state index contributed by atoms with van der Waals surface area (Å²) in [6, 6.07) is 23.8. The predicted octanol–water partition coefficient (Wildman–Crippen LogP) is 15.4. The van der Waals surface area contributed by atoms with Gasteiger partial charge in [0.2, 0.25) is 0 Å². The van der Waals surface area contributed by atoms with Crippen LogP contribution in [0.5, 0.6) is 11.5 Å². The van der Waals surface area contributed by atoms with E-state index in [1.54, 1.807) is 48.5 Å². The van der Waals surface area contributed by atoms with E-state index in [-0.39, 0.29) is 47.7 Å². The fraction of sp³-hybridized carbons (Fsp3) is 0.545. The van der Waals surface area contributed by atoms with Crippen LogP contribution in [0, 0.1) is 20.2 Å². The highest BCUT2D eigenvalue weighted by atomic mass is 16.6. The van der Waals surface area contributed by atoms with Crippen LogP contribution in [0.2, 0.25) is 0 Å². The van der Waals surface area contributed by atoms with E-state index in [0.717, 1.165) is 154 Å². The van der Waals surface area contributed by atoms with Crippen molar-refractivity contribution in [3.8, 4) is 11.5 Å². The van der Waals surface area contributed by atoms with E-state index in [9.17, 15) is 49.0 Å². The third-order valence-corrected chi connectivity index (χ3v) is 14.2. The quantitative estimate of drug-likeness (QED) is 0.00791. The van der Waals surface area contributed by atoms with Crippen LogP contribution in [-0.2, 0) is 38.1 Å². The number of unbranched alkanes of at least 4 members (excludes halogenated alkanes) is 20. The number of carbonyl (C=O) groups is 6. The minimum atomic E-state index is -0.761. The molecule has 0 unspecified atom stereocenters. The van der Waals surface area contributed by atoms with Gasteiger partial charge in [-0.25, -0.2) is 19.2 Å². The molecule has 20 nitrogen and oxygen atoms in total. The molecule has 0 fully saturated rings. The molecule has 4 N–H and O–H groups in total. The van der Waals surface area contributed by atoms with Gasteiger partial charge >= 0.3 is 35.8 Å². The highest BCUT2D eigenvalue weighted by molar-refractivity contribution is 5.90. The Balaban J connectivity index is 0.000000452. The van der Waals surface area contributed by atoms with E-state index in [2.05, 4.69) is 13.8 Å². The van der Waals surface area contributed by atoms with Gasteiger partial charge in [0.15, 0.2) is 13.2 Å². The van der Waals surface area contributed by atoms with Crippen molar-refractivity contribution in [3.63, 3.8) is 0 Å². The molecule has 4 aromatic carbocycles. The highest BCUT2D eigenvalue weighted by Crippen LogP contribution is 2.23. The minimum Gasteiger partial charge on any atom is -0.459 e. The first-order valence-corrected chi connectivity index (χ1v) is 30.9. The summed E-state index contributed by atoms with van der Waals surface area (Å²) >= 11 is 0. The summed E-state index contributed by atoms with van der Waals surface area (Å²) in [6.07, 6.45) is 28.7. The van der Waals surface area contributed by atoms with Crippen LogP contribution in [0.15, 0.2) is 97.1 Å². The van der Waals surface area contributed by atoms with Gasteiger partial charge in [0, 0.05) is 48.5 Å². The second-order valence-corrected chi connectivity index (χ2v) is 21.5. The zero-order valence-corrected chi connectivity index (χ0v) is 50.6. The number of hydrogen-bond acceptors (Lipinski definition) is 18. The normalized spacial score (nSPS) is 11.5. The molecule has 0 saturated heterocycles. The Labute approximate surface area is 507 Å². The van der Waals surface area contributed by atoms with Crippen molar-refractivity contribution < 1.29 is 67.0 Å². The van der Waals surface area contributed by atoms with Gasteiger partial charge < -0.3 is 39.9 Å². The average molecular weight is 1200 g/mol. The Morgan fingerprint density at radius 2 is 0.663 bits per heavy atom. The van der Waals surface area contributed by atoms with E-state index in [4.69, 9.17) is 39.9 Å². The number of carbonyl (C=O) groups excluding carboxylic acids is 6. The molecule has 86 heavy (non-hydrogen) atoms. The summed E-state index contributed by atoms with van der Waals surface area (Å²) in [5.74, 6) is -2.47. The van der Waals surface area contributed by atoms with Crippen molar-refractivity contribution in [1.82, 2.24) is 0 Å². The van der Waals surface area contributed by atoms with Gasteiger partial charge in [-0.15, -0.1) is 0 Å².